The smallest absolute Gasteiger partial charge is 0.125 e. The average molecular weight is 255 g/mol. The minimum atomic E-state index is 0.722. The summed E-state index contributed by atoms with van der Waals surface area (Å²) < 4.78 is 0. The normalized spacial score (nSPS) is 10.7. The largest absolute Gasteiger partial charge is 0.385 e. The highest BCUT2D eigenvalue weighted by atomic mass is 14.9. The van der Waals surface area contributed by atoms with Gasteiger partial charge in [-0.1, -0.05) is 26.0 Å². The summed E-state index contributed by atoms with van der Waals surface area (Å²) in [7, 11) is 0. The summed E-state index contributed by atoms with van der Waals surface area (Å²) in [6, 6.07) is 10.3. The highest BCUT2D eigenvalue weighted by Gasteiger charge is 2.01. The number of rotatable bonds is 5. The Morgan fingerprint density at radius 3 is 2.79 bits per heavy atom. The van der Waals surface area contributed by atoms with Gasteiger partial charge in [-0.15, -0.1) is 0 Å². The van der Waals surface area contributed by atoms with Crippen LogP contribution in [-0.2, 0) is 0 Å². The number of aromatic nitrogens is 2. The van der Waals surface area contributed by atoms with Gasteiger partial charge in [0.2, 0.25) is 0 Å². The summed E-state index contributed by atoms with van der Waals surface area (Å²) in [5.74, 6) is 1.52. The molecule has 0 fully saturated rings. The van der Waals surface area contributed by atoms with Gasteiger partial charge in [-0.2, -0.15) is 0 Å². The molecular weight excluding hydrogens is 234 g/mol. The van der Waals surface area contributed by atoms with Crippen molar-refractivity contribution in [2.75, 3.05) is 11.9 Å². The van der Waals surface area contributed by atoms with Crippen molar-refractivity contribution >= 4 is 5.69 Å². The second kappa shape index (κ2) is 6.32. The Bertz CT molecular complexity index is 535. The number of aryl methyl sites for hydroxylation is 1. The quantitative estimate of drug-likeness (QED) is 0.880. The number of anilines is 1. The third kappa shape index (κ3) is 4.05. The standard InChI is InChI=1S/C16H21N3/c1-12(2)7-9-18-15-6-4-5-14(11-15)16-8-10-17-13(3)19-16/h4-6,8,10-12,18H,7,9H2,1-3H3. The third-order valence-corrected chi connectivity index (χ3v) is 2.99. The zero-order chi connectivity index (χ0) is 13.7. The van der Waals surface area contributed by atoms with Crippen LogP contribution in [0.5, 0.6) is 0 Å². The van der Waals surface area contributed by atoms with Crippen molar-refractivity contribution in [1.82, 2.24) is 9.97 Å². The predicted octanol–water partition coefficient (Wildman–Crippen LogP) is 3.91. The molecule has 1 N–H and O–H groups in total. The van der Waals surface area contributed by atoms with Gasteiger partial charge in [0, 0.05) is 24.0 Å². The van der Waals surface area contributed by atoms with Crippen molar-refractivity contribution in [3.63, 3.8) is 0 Å². The first-order valence-electron chi connectivity index (χ1n) is 6.79. The molecule has 19 heavy (non-hydrogen) atoms. The van der Waals surface area contributed by atoms with Gasteiger partial charge in [-0.25, -0.2) is 9.97 Å². The monoisotopic (exact) mass is 255 g/mol. The van der Waals surface area contributed by atoms with Gasteiger partial charge in [0.25, 0.3) is 0 Å². The third-order valence-electron chi connectivity index (χ3n) is 2.99. The number of hydrogen-bond donors (Lipinski definition) is 1. The van der Waals surface area contributed by atoms with E-state index in [2.05, 4.69) is 53.4 Å². The Kier molecular flexibility index (Phi) is 4.50. The van der Waals surface area contributed by atoms with Crippen LogP contribution in [0.3, 0.4) is 0 Å². The summed E-state index contributed by atoms with van der Waals surface area (Å²) in [5.41, 5.74) is 3.24. The minimum absolute atomic E-state index is 0.722. The molecule has 0 aliphatic heterocycles. The van der Waals surface area contributed by atoms with Crippen LogP contribution in [0.1, 0.15) is 26.1 Å². The fraction of sp³-hybridized carbons (Fsp3) is 0.375. The summed E-state index contributed by atoms with van der Waals surface area (Å²) >= 11 is 0. The Morgan fingerprint density at radius 1 is 1.21 bits per heavy atom. The van der Waals surface area contributed by atoms with E-state index in [4.69, 9.17) is 0 Å². The number of nitrogens with zero attached hydrogens (tertiary/aromatic N) is 2. The van der Waals surface area contributed by atoms with Gasteiger partial charge in [-0.3, -0.25) is 0 Å². The number of nitrogens with one attached hydrogen (secondary N) is 1. The van der Waals surface area contributed by atoms with E-state index < -0.39 is 0 Å². The summed E-state index contributed by atoms with van der Waals surface area (Å²) in [6.07, 6.45) is 2.98. The van der Waals surface area contributed by atoms with Gasteiger partial charge in [0.05, 0.1) is 5.69 Å². The van der Waals surface area contributed by atoms with Gasteiger partial charge in [0.15, 0.2) is 0 Å². The second-order valence-electron chi connectivity index (χ2n) is 5.18. The highest BCUT2D eigenvalue weighted by molar-refractivity contribution is 5.64. The van der Waals surface area contributed by atoms with E-state index >= 15 is 0 Å². The van der Waals surface area contributed by atoms with E-state index in [0.717, 1.165) is 35.2 Å². The van der Waals surface area contributed by atoms with E-state index in [1.54, 1.807) is 6.20 Å². The maximum atomic E-state index is 4.45. The van der Waals surface area contributed by atoms with Gasteiger partial charge in [0.1, 0.15) is 5.82 Å². The zero-order valence-corrected chi connectivity index (χ0v) is 11.9. The lowest BCUT2D eigenvalue weighted by Crippen LogP contribution is -2.04. The second-order valence-corrected chi connectivity index (χ2v) is 5.18. The van der Waals surface area contributed by atoms with Gasteiger partial charge >= 0.3 is 0 Å². The van der Waals surface area contributed by atoms with Crippen LogP contribution >= 0.6 is 0 Å². The van der Waals surface area contributed by atoms with Crippen molar-refractivity contribution < 1.29 is 0 Å². The minimum Gasteiger partial charge on any atom is -0.385 e. The lowest BCUT2D eigenvalue weighted by molar-refractivity contribution is 0.607. The predicted molar refractivity (Wildman–Crippen MR) is 80.1 cm³/mol. The molecule has 0 saturated heterocycles. The van der Waals surface area contributed by atoms with Gasteiger partial charge < -0.3 is 5.32 Å². The SMILES string of the molecule is Cc1nccc(-c2cccc(NCCC(C)C)c2)n1. The van der Waals surface area contributed by atoms with Crippen molar-refractivity contribution in [2.24, 2.45) is 5.92 Å². The molecule has 0 atom stereocenters. The van der Waals surface area contributed by atoms with Crippen LogP contribution in [0, 0.1) is 12.8 Å². The molecule has 3 heteroatoms. The molecule has 2 aromatic rings. The Morgan fingerprint density at radius 2 is 2.05 bits per heavy atom. The van der Waals surface area contributed by atoms with Crippen molar-refractivity contribution in [1.29, 1.82) is 0 Å². The van der Waals surface area contributed by atoms with E-state index in [-0.39, 0.29) is 0 Å². The molecular formula is C16H21N3. The Labute approximate surface area is 115 Å². The number of benzene rings is 1. The van der Waals surface area contributed by atoms with E-state index in [1.807, 2.05) is 13.0 Å². The van der Waals surface area contributed by atoms with Crippen LogP contribution in [-0.4, -0.2) is 16.5 Å². The lowest BCUT2D eigenvalue weighted by Gasteiger charge is -2.09. The Balaban J connectivity index is 2.11. The molecule has 0 aliphatic rings. The molecule has 3 nitrogen and oxygen atoms in total. The Hall–Kier alpha value is -1.90. The topological polar surface area (TPSA) is 37.8 Å². The molecule has 1 aromatic heterocycles. The molecule has 0 unspecified atom stereocenters. The lowest BCUT2D eigenvalue weighted by atomic mass is 10.1. The van der Waals surface area contributed by atoms with E-state index in [1.165, 1.54) is 6.42 Å². The van der Waals surface area contributed by atoms with E-state index in [0.29, 0.717) is 0 Å². The molecule has 100 valence electrons. The summed E-state index contributed by atoms with van der Waals surface area (Å²) in [5, 5.41) is 3.46. The van der Waals surface area contributed by atoms with Crippen LogP contribution < -0.4 is 5.32 Å². The fourth-order valence-electron chi connectivity index (χ4n) is 1.91. The van der Waals surface area contributed by atoms with E-state index in [9.17, 15) is 0 Å². The molecule has 0 amide bonds. The molecule has 0 aliphatic carbocycles. The molecule has 1 heterocycles. The molecule has 2 rings (SSSR count). The average Bonchev–Trinajstić information content (AvgIpc) is 2.39. The van der Waals surface area contributed by atoms with Crippen LogP contribution in [0.15, 0.2) is 36.5 Å². The van der Waals surface area contributed by atoms with Crippen molar-refractivity contribution in [3.8, 4) is 11.3 Å². The molecule has 1 aromatic carbocycles. The van der Waals surface area contributed by atoms with Crippen LogP contribution in [0.2, 0.25) is 0 Å². The summed E-state index contributed by atoms with van der Waals surface area (Å²) in [6.45, 7) is 7.39. The van der Waals surface area contributed by atoms with Crippen LogP contribution in [0.25, 0.3) is 11.3 Å². The van der Waals surface area contributed by atoms with Crippen molar-refractivity contribution in [3.05, 3.63) is 42.4 Å². The first kappa shape index (κ1) is 13.5. The maximum Gasteiger partial charge on any atom is 0.125 e. The molecule has 0 bridgehead atoms. The zero-order valence-electron chi connectivity index (χ0n) is 11.9. The first-order valence-corrected chi connectivity index (χ1v) is 6.79. The van der Waals surface area contributed by atoms with Crippen LogP contribution in [0.4, 0.5) is 5.69 Å². The molecule has 0 radical (unpaired) electrons. The highest BCUT2D eigenvalue weighted by Crippen LogP contribution is 2.20. The summed E-state index contributed by atoms with van der Waals surface area (Å²) in [4.78, 5) is 8.58. The fourth-order valence-corrected chi connectivity index (χ4v) is 1.91. The van der Waals surface area contributed by atoms with Gasteiger partial charge in [-0.05, 0) is 37.5 Å². The number of hydrogen-bond acceptors (Lipinski definition) is 3. The first-order chi connectivity index (χ1) is 9.15. The maximum absolute atomic E-state index is 4.45. The van der Waals surface area contributed by atoms with Crippen molar-refractivity contribution in [2.45, 2.75) is 27.2 Å². The molecule has 0 saturated carbocycles. The molecule has 0 spiro atoms.